The predicted molar refractivity (Wildman–Crippen MR) is 103 cm³/mol. The van der Waals surface area contributed by atoms with Gasteiger partial charge in [0.05, 0.1) is 11.0 Å². The van der Waals surface area contributed by atoms with E-state index in [1.165, 1.54) is 23.7 Å². The molecule has 0 saturated carbocycles. The quantitative estimate of drug-likeness (QED) is 0.646. The Morgan fingerprint density at radius 2 is 1.92 bits per heavy atom. The van der Waals surface area contributed by atoms with Crippen molar-refractivity contribution in [1.29, 1.82) is 0 Å². The first kappa shape index (κ1) is 17.6. The lowest BCUT2D eigenvalue weighted by Gasteiger charge is -2.11. The van der Waals surface area contributed by atoms with Crippen LogP contribution in [0.3, 0.4) is 0 Å². The van der Waals surface area contributed by atoms with E-state index in [1.54, 1.807) is 0 Å². The monoisotopic (exact) mass is 391 g/mol. The fourth-order valence-corrected chi connectivity index (χ4v) is 3.89. The molecular formula is C17H14ClN3O2S2. The van der Waals surface area contributed by atoms with Crippen molar-refractivity contribution >= 4 is 44.9 Å². The van der Waals surface area contributed by atoms with E-state index in [9.17, 15) is 8.42 Å². The number of nitrogens with zero attached hydrogens (tertiary/aromatic N) is 2. The van der Waals surface area contributed by atoms with Crippen LogP contribution in [0.15, 0.2) is 53.5 Å². The summed E-state index contributed by atoms with van der Waals surface area (Å²) in [6, 6.07) is 11.2. The van der Waals surface area contributed by atoms with Gasteiger partial charge < -0.3 is 0 Å². The molecule has 0 atom stereocenters. The normalized spacial score (nSPS) is 11.8. The van der Waals surface area contributed by atoms with Gasteiger partial charge in [0.15, 0.2) is 5.82 Å². The zero-order valence-corrected chi connectivity index (χ0v) is 15.6. The van der Waals surface area contributed by atoms with Crippen LogP contribution < -0.4 is 4.72 Å². The highest BCUT2D eigenvalue weighted by atomic mass is 35.5. The number of aromatic nitrogens is 2. The van der Waals surface area contributed by atoms with E-state index in [-0.39, 0.29) is 11.0 Å². The topological polar surface area (TPSA) is 72.0 Å². The van der Waals surface area contributed by atoms with Crippen LogP contribution in [0.2, 0.25) is 5.15 Å². The lowest BCUT2D eigenvalue weighted by molar-refractivity contribution is 0.609. The summed E-state index contributed by atoms with van der Waals surface area (Å²) in [6.07, 6.45) is 2.75. The number of sulfonamides is 1. The molecule has 1 N–H and O–H groups in total. The molecule has 0 aliphatic carbocycles. The number of nitrogens with one attached hydrogen (secondary N) is 1. The van der Waals surface area contributed by atoms with E-state index in [0.717, 1.165) is 21.4 Å². The van der Waals surface area contributed by atoms with E-state index in [2.05, 4.69) is 14.7 Å². The summed E-state index contributed by atoms with van der Waals surface area (Å²) in [5.41, 5.74) is 2.26. The van der Waals surface area contributed by atoms with E-state index in [0.29, 0.717) is 5.56 Å². The molecule has 2 aromatic heterocycles. The Morgan fingerprint density at radius 1 is 1.16 bits per heavy atom. The summed E-state index contributed by atoms with van der Waals surface area (Å²) in [5, 5.41) is 3.16. The molecule has 0 spiro atoms. The van der Waals surface area contributed by atoms with Crippen LogP contribution in [0.25, 0.3) is 17.2 Å². The van der Waals surface area contributed by atoms with Gasteiger partial charge in [-0.05, 0) is 30.0 Å². The van der Waals surface area contributed by atoms with Crippen molar-refractivity contribution in [1.82, 2.24) is 9.97 Å². The Balaban J connectivity index is 1.95. The molecule has 0 fully saturated rings. The molecule has 3 rings (SSSR count). The third-order valence-corrected chi connectivity index (χ3v) is 5.43. The minimum atomic E-state index is -3.74. The third kappa shape index (κ3) is 4.45. The van der Waals surface area contributed by atoms with Gasteiger partial charge in [0.2, 0.25) is 0 Å². The van der Waals surface area contributed by atoms with Gasteiger partial charge in [0, 0.05) is 4.88 Å². The molecule has 128 valence electrons. The number of aryl methyl sites for hydroxylation is 1. The van der Waals surface area contributed by atoms with Crippen molar-refractivity contribution in [3.63, 3.8) is 0 Å². The van der Waals surface area contributed by atoms with E-state index >= 15 is 0 Å². The van der Waals surface area contributed by atoms with Crippen LogP contribution >= 0.6 is 22.9 Å². The highest BCUT2D eigenvalue weighted by Gasteiger charge is 2.16. The van der Waals surface area contributed by atoms with Crippen molar-refractivity contribution in [2.24, 2.45) is 0 Å². The van der Waals surface area contributed by atoms with Crippen LogP contribution in [0.1, 0.15) is 10.4 Å². The molecule has 0 radical (unpaired) electrons. The summed E-state index contributed by atoms with van der Waals surface area (Å²) < 4.78 is 27.2. The number of benzene rings is 1. The first-order valence-electron chi connectivity index (χ1n) is 7.26. The van der Waals surface area contributed by atoms with E-state index in [4.69, 9.17) is 11.6 Å². The molecule has 2 heterocycles. The summed E-state index contributed by atoms with van der Waals surface area (Å²) in [5.74, 6) is 0.139. The molecule has 25 heavy (non-hydrogen) atoms. The van der Waals surface area contributed by atoms with E-state index in [1.807, 2.05) is 48.7 Å². The molecular weight excluding hydrogens is 378 g/mol. The highest BCUT2D eigenvalue weighted by molar-refractivity contribution is 7.95. The SMILES string of the molecule is Cc1ccc(-c2c(Cl)ncnc2NS(=O)(=O)C=Cc2cccs2)cc1. The molecule has 1 aromatic carbocycles. The highest BCUT2D eigenvalue weighted by Crippen LogP contribution is 2.32. The summed E-state index contributed by atoms with van der Waals surface area (Å²) in [6.45, 7) is 1.96. The molecule has 0 amide bonds. The zero-order chi connectivity index (χ0) is 17.9. The lowest BCUT2D eigenvalue weighted by Crippen LogP contribution is -2.11. The second-order valence-electron chi connectivity index (χ2n) is 5.22. The van der Waals surface area contributed by atoms with Crippen LogP contribution in [0, 0.1) is 6.92 Å². The average Bonchev–Trinajstić information content (AvgIpc) is 3.08. The smallest absolute Gasteiger partial charge is 0.256 e. The molecule has 0 bridgehead atoms. The standard InChI is InChI=1S/C17H14ClN3O2S2/c1-12-4-6-13(7-5-12)15-16(18)19-11-20-17(15)21-25(22,23)10-8-14-3-2-9-24-14/h2-11H,1H3,(H,19,20,21). The van der Waals surface area contributed by atoms with Gasteiger partial charge in [0.25, 0.3) is 10.0 Å². The molecule has 0 aliphatic heterocycles. The summed E-state index contributed by atoms with van der Waals surface area (Å²) in [7, 11) is -3.74. The minimum Gasteiger partial charge on any atom is -0.263 e. The van der Waals surface area contributed by atoms with Crippen molar-refractivity contribution in [2.45, 2.75) is 6.92 Å². The van der Waals surface area contributed by atoms with Gasteiger partial charge in [-0.15, -0.1) is 11.3 Å². The van der Waals surface area contributed by atoms with Gasteiger partial charge in [-0.2, -0.15) is 0 Å². The number of hydrogen-bond donors (Lipinski definition) is 1. The molecule has 8 heteroatoms. The van der Waals surface area contributed by atoms with Gasteiger partial charge in [0.1, 0.15) is 11.5 Å². The summed E-state index contributed by atoms with van der Waals surface area (Å²) >= 11 is 7.64. The number of thiophene rings is 1. The molecule has 5 nitrogen and oxygen atoms in total. The minimum absolute atomic E-state index is 0.139. The zero-order valence-electron chi connectivity index (χ0n) is 13.2. The molecule has 0 aliphatic rings. The van der Waals surface area contributed by atoms with Crippen molar-refractivity contribution in [3.8, 4) is 11.1 Å². The number of hydrogen-bond acceptors (Lipinski definition) is 5. The van der Waals surface area contributed by atoms with Gasteiger partial charge in [-0.1, -0.05) is 47.5 Å². The number of rotatable bonds is 5. The van der Waals surface area contributed by atoms with Crippen LogP contribution in [0.4, 0.5) is 5.82 Å². The largest absolute Gasteiger partial charge is 0.263 e. The van der Waals surface area contributed by atoms with Gasteiger partial charge >= 0.3 is 0 Å². The van der Waals surface area contributed by atoms with Gasteiger partial charge in [-0.25, -0.2) is 18.4 Å². The first-order chi connectivity index (χ1) is 11.9. The predicted octanol–water partition coefficient (Wildman–Crippen LogP) is 4.58. The molecule has 0 unspecified atom stereocenters. The van der Waals surface area contributed by atoms with Crippen LogP contribution in [-0.4, -0.2) is 18.4 Å². The fourth-order valence-electron chi connectivity index (χ4n) is 2.13. The maximum absolute atomic E-state index is 12.3. The number of halogens is 1. The Labute approximate surface area is 155 Å². The maximum atomic E-state index is 12.3. The van der Waals surface area contributed by atoms with Crippen LogP contribution in [0.5, 0.6) is 0 Å². The average molecular weight is 392 g/mol. The summed E-state index contributed by atoms with van der Waals surface area (Å²) in [4.78, 5) is 8.85. The van der Waals surface area contributed by atoms with Crippen LogP contribution in [-0.2, 0) is 10.0 Å². The Kier molecular flexibility index (Phi) is 5.17. The Hall–Kier alpha value is -2.22. The van der Waals surface area contributed by atoms with Crippen molar-refractivity contribution in [2.75, 3.05) is 4.72 Å². The Morgan fingerprint density at radius 3 is 2.60 bits per heavy atom. The third-order valence-electron chi connectivity index (χ3n) is 3.33. The van der Waals surface area contributed by atoms with Gasteiger partial charge in [-0.3, -0.25) is 4.72 Å². The fraction of sp³-hybridized carbons (Fsp3) is 0.0588. The van der Waals surface area contributed by atoms with Crippen molar-refractivity contribution in [3.05, 3.63) is 69.1 Å². The second kappa shape index (κ2) is 7.35. The van der Waals surface area contributed by atoms with E-state index < -0.39 is 10.0 Å². The lowest BCUT2D eigenvalue weighted by atomic mass is 10.1. The van der Waals surface area contributed by atoms with Crippen molar-refractivity contribution < 1.29 is 8.42 Å². The molecule has 0 saturated heterocycles. The maximum Gasteiger partial charge on any atom is 0.256 e. The first-order valence-corrected chi connectivity index (χ1v) is 10.1. The molecule has 3 aromatic rings. The second-order valence-corrected chi connectivity index (χ2v) is 8.12. The number of anilines is 1. The Bertz CT molecular complexity index is 999.